The van der Waals surface area contributed by atoms with Gasteiger partial charge in [0.15, 0.2) is 0 Å². The second-order valence-electron chi connectivity index (χ2n) is 9.40. The first-order valence-electron chi connectivity index (χ1n) is 12.2. The van der Waals surface area contributed by atoms with E-state index in [1.54, 1.807) is 23.5 Å². The summed E-state index contributed by atoms with van der Waals surface area (Å²) in [6.45, 7) is 4.27. The zero-order valence-electron chi connectivity index (χ0n) is 20.5. The van der Waals surface area contributed by atoms with Crippen molar-refractivity contribution in [2.45, 2.75) is 55.0 Å². The van der Waals surface area contributed by atoms with Gasteiger partial charge in [0.1, 0.15) is 5.75 Å². The first-order chi connectivity index (χ1) is 17.3. The van der Waals surface area contributed by atoms with Gasteiger partial charge in [-0.05, 0) is 80.5 Å². The number of nitrogens with zero attached hydrogens (tertiary/aromatic N) is 1. The molecule has 36 heavy (non-hydrogen) atoms. The number of piperidine rings is 1. The molecule has 192 valence electrons. The van der Waals surface area contributed by atoms with Crippen LogP contribution >= 0.6 is 0 Å². The van der Waals surface area contributed by atoms with Gasteiger partial charge in [-0.1, -0.05) is 24.8 Å². The van der Waals surface area contributed by atoms with Gasteiger partial charge in [0.05, 0.1) is 12.0 Å². The highest BCUT2D eigenvalue weighted by molar-refractivity contribution is 7.89. The molecular weight excluding hydrogens is 478 g/mol. The first-order valence-corrected chi connectivity index (χ1v) is 13.7. The van der Waals surface area contributed by atoms with Crippen LogP contribution < -0.4 is 15.4 Å². The second-order valence-corrected chi connectivity index (χ2v) is 11.3. The molecule has 1 atom stereocenters. The summed E-state index contributed by atoms with van der Waals surface area (Å²) in [6, 6.07) is 13.7. The molecule has 1 aliphatic heterocycles. The van der Waals surface area contributed by atoms with Gasteiger partial charge in [-0.15, -0.1) is 0 Å². The summed E-state index contributed by atoms with van der Waals surface area (Å²) in [5.74, 6) is 0.281. The molecule has 2 aromatic carbocycles. The van der Waals surface area contributed by atoms with Gasteiger partial charge in [-0.2, -0.15) is 4.31 Å². The third kappa shape index (κ3) is 5.32. The number of benzene rings is 2. The minimum Gasteiger partial charge on any atom is -0.496 e. The molecule has 2 aliphatic rings. The lowest BCUT2D eigenvalue weighted by Gasteiger charge is -2.54. The number of ether oxygens (including phenoxy) is 1. The number of hydrogen-bond donors (Lipinski definition) is 2. The van der Waals surface area contributed by atoms with Crippen LogP contribution in [0.4, 0.5) is 0 Å². The Balaban J connectivity index is 1.40. The van der Waals surface area contributed by atoms with Crippen molar-refractivity contribution in [2.24, 2.45) is 0 Å². The average molecular weight is 512 g/mol. The van der Waals surface area contributed by atoms with E-state index in [2.05, 4.69) is 17.2 Å². The Morgan fingerprint density at radius 1 is 1.17 bits per heavy atom. The average Bonchev–Trinajstić information content (AvgIpc) is 2.87. The van der Waals surface area contributed by atoms with Crippen LogP contribution in [-0.4, -0.2) is 56.3 Å². The zero-order valence-corrected chi connectivity index (χ0v) is 21.4. The van der Waals surface area contributed by atoms with Crippen molar-refractivity contribution in [3.63, 3.8) is 0 Å². The summed E-state index contributed by atoms with van der Waals surface area (Å²) in [6.07, 6.45) is 5.52. The fourth-order valence-corrected chi connectivity index (χ4v) is 7.04. The Labute approximate surface area is 212 Å². The summed E-state index contributed by atoms with van der Waals surface area (Å²) < 4.78 is 34.1. The van der Waals surface area contributed by atoms with E-state index in [0.717, 1.165) is 30.6 Å². The number of rotatable bonds is 9. The summed E-state index contributed by atoms with van der Waals surface area (Å²) in [5.41, 5.74) is 0.933. The topological polar surface area (TPSA) is 105 Å². The molecule has 1 saturated heterocycles. The fourth-order valence-electron chi connectivity index (χ4n) is 5.20. The van der Waals surface area contributed by atoms with Crippen LogP contribution in [0.15, 0.2) is 66.1 Å². The van der Waals surface area contributed by atoms with E-state index in [1.165, 1.54) is 18.2 Å². The van der Waals surface area contributed by atoms with E-state index < -0.39 is 15.6 Å². The summed E-state index contributed by atoms with van der Waals surface area (Å²) >= 11 is 0. The summed E-state index contributed by atoms with van der Waals surface area (Å²) in [7, 11) is -2.12. The van der Waals surface area contributed by atoms with E-state index in [-0.39, 0.29) is 22.8 Å². The molecule has 2 amide bonds. The van der Waals surface area contributed by atoms with Crippen molar-refractivity contribution in [3.8, 4) is 5.75 Å². The lowest BCUT2D eigenvalue weighted by Crippen LogP contribution is -2.63. The normalized spacial score (nSPS) is 19.2. The zero-order chi connectivity index (χ0) is 25.8. The van der Waals surface area contributed by atoms with Crippen molar-refractivity contribution >= 4 is 21.8 Å². The molecule has 9 heteroatoms. The minimum absolute atomic E-state index is 0.0656. The molecular formula is C27H33N3O5S. The molecule has 0 aromatic heterocycles. The maximum absolute atomic E-state index is 13.6. The summed E-state index contributed by atoms with van der Waals surface area (Å²) in [4.78, 5) is 24.5. The fraction of sp³-hybridized carbons (Fsp3) is 0.407. The molecule has 8 nitrogen and oxygen atoms in total. The number of carbonyl (C=O) groups is 2. The standard InChI is InChI=1S/C27H33N3O5S/c1-3-25(31)29-22-14-18-30(27(19-22)15-6-16-27)36(33,34)23-11-9-21(10-12-23)26(32)28-17-13-20-7-4-5-8-24(20)35-2/h3-5,7-12,22H,1,6,13-19H2,2H3,(H,28,32)(H,29,31). The van der Waals surface area contributed by atoms with Crippen molar-refractivity contribution < 1.29 is 22.7 Å². The van der Waals surface area contributed by atoms with Crippen molar-refractivity contribution in [3.05, 3.63) is 72.3 Å². The molecule has 0 bridgehead atoms. The molecule has 2 fully saturated rings. The maximum Gasteiger partial charge on any atom is 0.251 e. The van der Waals surface area contributed by atoms with Gasteiger partial charge in [-0.3, -0.25) is 9.59 Å². The molecule has 1 unspecified atom stereocenters. The number of hydrogen-bond acceptors (Lipinski definition) is 5. The Morgan fingerprint density at radius 3 is 2.53 bits per heavy atom. The summed E-state index contributed by atoms with van der Waals surface area (Å²) in [5, 5.41) is 5.81. The molecule has 1 heterocycles. The van der Waals surface area contributed by atoms with Crippen LogP contribution in [-0.2, 0) is 21.2 Å². The number of methoxy groups -OCH3 is 1. The highest BCUT2D eigenvalue weighted by atomic mass is 32.2. The largest absolute Gasteiger partial charge is 0.496 e. The van der Waals surface area contributed by atoms with E-state index in [4.69, 9.17) is 4.74 Å². The molecule has 1 spiro atoms. The Bertz CT molecular complexity index is 1220. The molecule has 4 rings (SSSR count). The number of carbonyl (C=O) groups excluding carboxylic acids is 2. The van der Waals surface area contributed by atoms with Crippen molar-refractivity contribution in [1.29, 1.82) is 0 Å². The highest BCUT2D eigenvalue weighted by Gasteiger charge is 2.51. The van der Waals surface area contributed by atoms with Gasteiger partial charge < -0.3 is 15.4 Å². The smallest absolute Gasteiger partial charge is 0.251 e. The van der Waals surface area contributed by atoms with E-state index >= 15 is 0 Å². The molecule has 1 saturated carbocycles. The predicted octanol–water partition coefficient (Wildman–Crippen LogP) is 3.05. The monoisotopic (exact) mass is 511 g/mol. The van der Waals surface area contributed by atoms with Crippen molar-refractivity contribution in [1.82, 2.24) is 14.9 Å². The molecule has 1 aliphatic carbocycles. The minimum atomic E-state index is -3.74. The van der Waals surface area contributed by atoms with Crippen LogP contribution in [0.1, 0.15) is 48.0 Å². The van der Waals surface area contributed by atoms with Crippen LogP contribution in [0.25, 0.3) is 0 Å². The van der Waals surface area contributed by atoms with Gasteiger partial charge >= 0.3 is 0 Å². The van der Waals surface area contributed by atoms with Crippen LogP contribution in [0.3, 0.4) is 0 Å². The van der Waals surface area contributed by atoms with E-state index in [9.17, 15) is 18.0 Å². The van der Waals surface area contributed by atoms with Crippen LogP contribution in [0.5, 0.6) is 5.75 Å². The van der Waals surface area contributed by atoms with Gasteiger partial charge in [-0.25, -0.2) is 8.42 Å². The predicted molar refractivity (Wildman–Crippen MR) is 137 cm³/mol. The first kappa shape index (κ1) is 25.9. The van der Waals surface area contributed by atoms with E-state index in [0.29, 0.717) is 37.9 Å². The maximum atomic E-state index is 13.6. The molecule has 2 aromatic rings. The number of para-hydroxylation sites is 1. The number of amides is 2. The lowest BCUT2D eigenvalue weighted by molar-refractivity contribution is -0.117. The van der Waals surface area contributed by atoms with Crippen molar-refractivity contribution in [2.75, 3.05) is 20.2 Å². The number of sulfonamides is 1. The van der Waals surface area contributed by atoms with Gasteiger partial charge in [0.2, 0.25) is 15.9 Å². The second kappa shape index (κ2) is 10.8. The molecule has 0 radical (unpaired) electrons. The SMILES string of the molecule is C=CC(=O)NC1CCN(S(=O)(=O)c2ccc(C(=O)NCCc3ccccc3OC)cc2)C2(CCC2)C1. The third-order valence-electron chi connectivity index (χ3n) is 7.23. The number of nitrogens with one attached hydrogen (secondary N) is 2. The van der Waals surface area contributed by atoms with Gasteiger partial charge in [0.25, 0.3) is 5.91 Å². The lowest BCUT2D eigenvalue weighted by atomic mass is 9.70. The van der Waals surface area contributed by atoms with Crippen LogP contribution in [0.2, 0.25) is 0 Å². The third-order valence-corrected chi connectivity index (χ3v) is 9.25. The molecule has 2 N–H and O–H groups in total. The Morgan fingerprint density at radius 2 is 1.89 bits per heavy atom. The van der Waals surface area contributed by atoms with Gasteiger partial charge in [0, 0.05) is 30.2 Å². The van der Waals surface area contributed by atoms with E-state index in [1.807, 2.05) is 24.3 Å². The quantitative estimate of drug-likeness (QED) is 0.504. The Hall–Kier alpha value is -3.17. The highest BCUT2D eigenvalue weighted by Crippen LogP contribution is 2.46. The van der Waals surface area contributed by atoms with Crippen LogP contribution in [0, 0.1) is 0 Å². The Kier molecular flexibility index (Phi) is 7.80.